The van der Waals surface area contributed by atoms with Gasteiger partial charge in [0.2, 0.25) is 0 Å². The quantitative estimate of drug-likeness (QED) is 0.623. The minimum atomic E-state index is -0.230. The highest BCUT2D eigenvalue weighted by molar-refractivity contribution is 4.75. The number of nitrogens with zero attached hydrogens (tertiary/aromatic N) is 1. The Bertz CT molecular complexity index is 144. The van der Waals surface area contributed by atoms with Crippen molar-refractivity contribution in [3.8, 4) is 0 Å². The first-order valence-electron chi connectivity index (χ1n) is 5.79. The fourth-order valence-corrected chi connectivity index (χ4v) is 2.09. The largest absolute Gasteiger partial charge is 0.392 e. The molecular weight excluding hydrogens is 176 g/mol. The third-order valence-corrected chi connectivity index (χ3v) is 3.03. The number of hydrogen-bond acceptors (Lipinski definition) is 3. The normalized spacial score (nSPS) is 20.6. The van der Waals surface area contributed by atoms with Crippen LogP contribution >= 0.6 is 0 Å². The van der Waals surface area contributed by atoms with Gasteiger partial charge in [-0.15, -0.1) is 0 Å². The minimum Gasteiger partial charge on any atom is -0.392 e. The first kappa shape index (κ1) is 12.0. The summed E-state index contributed by atoms with van der Waals surface area (Å²) in [6, 6.07) is 0.809. The Morgan fingerprint density at radius 2 is 2.07 bits per heavy atom. The van der Waals surface area contributed by atoms with Crippen LogP contribution < -0.4 is 5.32 Å². The molecule has 0 amide bonds. The van der Waals surface area contributed by atoms with E-state index in [1.807, 2.05) is 6.92 Å². The van der Waals surface area contributed by atoms with Crippen LogP contribution in [0.3, 0.4) is 0 Å². The lowest BCUT2D eigenvalue weighted by Crippen LogP contribution is -2.37. The second-order valence-electron chi connectivity index (χ2n) is 4.47. The van der Waals surface area contributed by atoms with Crippen LogP contribution in [0.25, 0.3) is 0 Å². The Hall–Kier alpha value is -0.120. The van der Waals surface area contributed by atoms with Crippen molar-refractivity contribution in [2.24, 2.45) is 0 Å². The lowest BCUT2D eigenvalue weighted by molar-refractivity contribution is 0.186. The van der Waals surface area contributed by atoms with Crippen molar-refractivity contribution < 1.29 is 5.11 Å². The van der Waals surface area contributed by atoms with Crippen LogP contribution in [0.15, 0.2) is 0 Å². The number of likely N-dealkylation sites (N-methyl/N-ethyl adjacent to an activating group) is 1. The lowest BCUT2D eigenvalue weighted by atomic mass is 10.2. The van der Waals surface area contributed by atoms with Crippen LogP contribution in [0.4, 0.5) is 0 Å². The minimum absolute atomic E-state index is 0.230. The number of nitrogens with one attached hydrogen (secondary N) is 1. The highest BCUT2D eigenvalue weighted by Gasteiger charge is 2.18. The molecule has 14 heavy (non-hydrogen) atoms. The summed E-state index contributed by atoms with van der Waals surface area (Å²) in [4.78, 5) is 2.45. The summed E-state index contributed by atoms with van der Waals surface area (Å²) in [7, 11) is 2.21. The van der Waals surface area contributed by atoms with Crippen LogP contribution in [0, 0.1) is 0 Å². The molecular formula is C11H24N2O. The van der Waals surface area contributed by atoms with Crippen LogP contribution in [0.5, 0.6) is 0 Å². The topological polar surface area (TPSA) is 35.5 Å². The molecule has 1 atom stereocenters. The number of aliphatic hydroxyl groups excluding tert-OH is 1. The van der Waals surface area contributed by atoms with Gasteiger partial charge in [-0.1, -0.05) is 12.8 Å². The Kier molecular flexibility index (Phi) is 5.45. The molecule has 1 rings (SSSR count). The Labute approximate surface area is 87.5 Å². The zero-order valence-electron chi connectivity index (χ0n) is 9.50. The molecule has 0 radical (unpaired) electrons. The Morgan fingerprint density at radius 3 is 2.64 bits per heavy atom. The van der Waals surface area contributed by atoms with Gasteiger partial charge in [-0.05, 0) is 26.8 Å². The average molecular weight is 200 g/mol. The fraction of sp³-hybridized carbons (Fsp3) is 1.00. The predicted octanol–water partition coefficient (Wildman–Crippen LogP) is 0.831. The van der Waals surface area contributed by atoms with E-state index in [1.54, 1.807) is 0 Å². The van der Waals surface area contributed by atoms with E-state index in [2.05, 4.69) is 17.3 Å². The molecule has 1 aliphatic rings. The van der Waals surface area contributed by atoms with Crippen molar-refractivity contribution in [2.75, 3.05) is 26.7 Å². The van der Waals surface area contributed by atoms with Crippen molar-refractivity contribution in [3.05, 3.63) is 0 Å². The molecule has 3 heteroatoms. The number of aliphatic hydroxyl groups is 1. The summed E-state index contributed by atoms with van der Waals surface area (Å²) in [5.74, 6) is 0. The molecule has 0 bridgehead atoms. The predicted molar refractivity (Wildman–Crippen MR) is 59.4 cm³/mol. The average Bonchev–Trinajstić information content (AvgIpc) is 2.64. The van der Waals surface area contributed by atoms with E-state index in [0.29, 0.717) is 6.54 Å². The highest BCUT2D eigenvalue weighted by Crippen LogP contribution is 2.21. The van der Waals surface area contributed by atoms with Crippen LogP contribution in [0.2, 0.25) is 0 Å². The molecule has 0 aromatic heterocycles. The van der Waals surface area contributed by atoms with Crippen molar-refractivity contribution >= 4 is 0 Å². The van der Waals surface area contributed by atoms with E-state index < -0.39 is 0 Å². The second-order valence-corrected chi connectivity index (χ2v) is 4.47. The molecule has 0 spiro atoms. The van der Waals surface area contributed by atoms with E-state index in [9.17, 15) is 0 Å². The zero-order chi connectivity index (χ0) is 10.4. The van der Waals surface area contributed by atoms with Gasteiger partial charge >= 0.3 is 0 Å². The Morgan fingerprint density at radius 1 is 1.43 bits per heavy atom. The molecule has 0 aliphatic heterocycles. The number of rotatable bonds is 6. The molecule has 1 aliphatic carbocycles. The van der Waals surface area contributed by atoms with Crippen molar-refractivity contribution in [2.45, 2.75) is 44.8 Å². The van der Waals surface area contributed by atoms with Gasteiger partial charge in [0.05, 0.1) is 6.10 Å². The van der Waals surface area contributed by atoms with Gasteiger partial charge in [0, 0.05) is 25.7 Å². The standard InChI is InChI=1S/C11H24N2O/c1-10(14)9-12-7-8-13(2)11-5-3-4-6-11/h10-12,14H,3-9H2,1-2H3/t10-/m0/s1. The van der Waals surface area contributed by atoms with Crippen molar-refractivity contribution in [1.29, 1.82) is 0 Å². The molecule has 0 unspecified atom stereocenters. The van der Waals surface area contributed by atoms with E-state index in [1.165, 1.54) is 25.7 Å². The maximum Gasteiger partial charge on any atom is 0.0636 e. The fourth-order valence-electron chi connectivity index (χ4n) is 2.09. The molecule has 0 heterocycles. The molecule has 84 valence electrons. The Balaban J connectivity index is 1.99. The smallest absolute Gasteiger partial charge is 0.0636 e. The van der Waals surface area contributed by atoms with Crippen molar-refractivity contribution in [3.63, 3.8) is 0 Å². The van der Waals surface area contributed by atoms with Crippen LogP contribution in [-0.2, 0) is 0 Å². The van der Waals surface area contributed by atoms with Gasteiger partial charge in [-0.3, -0.25) is 0 Å². The monoisotopic (exact) mass is 200 g/mol. The summed E-state index contributed by atoms with van der Waals surface area (Å²) in [6.07, 6.45) is 5.30. The van der Waals surface area contributed by atoms with Gasteiger partial charge in [0.25, 0.3) is 0 Å². The summed E-state index contributed by atoms with van der Waals surface area (Å²) in [5, 5.41) is 12.3. The summed E-state index contributed by atoms with van der Waals surface area (Å²) < 4.78 is 0. The molecule has 1 saturated carbocycles. The van der Waals surface area contributed by atoms with Gasteiger partial charge in [0.1, 0.15) is 0 Å². The highest BCUT2D eigenvalue weighted by atomic mass is 16.3. The maximum atomic E-state index is 9.05. The zero-order valence-corrected chi connectivity index (χ0v) is 9.50. The molecule has 0 saturated heterocycles. The van der Waals surface area contributed by atoms with E-state index in [4.69, 9.17) is 5.11 Å². The molecule has 0 aromatic carbocycles. The lowest BCUT2D eigenvalue weighted by Gasteiger charge is -2.24. The van der Waals surface area contributed by atoms with Gasteiger partial charge < -0.3 is 15.3 Å². The summed E-state index contributed by atoms with van der Waals surface area (Å²) in [6.45, 7) is 4.60. The van der Waals surface area contributed by atoms with E-state index >= 15 is 0 Å². The summed E-state index contributed by atoms with van der Waals surface area (Å²) >= 11 is 0. The third-order valence-electron chi connectivity index (χ3n) is 3.03. The summed E-state index contributed by atoms with van der Waals surface area (Å²) in [5.41, 5.74) is 0. The van der Waals surface area contributed by atoms with Gasteiger partial charge in [0.15, 0.2) is 0 Å². The van der Waals surface area contributed by atoms with E-state index in [-0.39, 0.29) is 6.10 Å². The van der Waals surface area contributed by atoms with Crippen LogP contribution in [-0.4, -0.2) is 48.8 Å². The van der Waals surface area contributed by atoms with Crippen molar-refractivity contribution in [1.82, 2.24) is 10.2 Å². The third kappa shape index (κ3) is 4.40. The molecule has 0 aromatic rings. The first-order valence-corrected chi connectivity index (χ1v) is 5.79. The SMILES string of the molecule is C[C@H](O)CNCCN(C)C1CCCC1. The number of hydrogen-bond donors (Lipinski definition) is 2. The van der Waals surface area contributed by atoms with E-state index in [0.717, 1.165) is 19.1 Å². The van der Waals surface area contributed by atoms with Gasteiger partial charge in [-0.25, -0.2) is 0 Å². The molecule has 3 nitrogen and oxygen atoms in total. The van der Waals surface area contributed by atoms with Gasteiger partial charge in [-0.2, -0.15) is 0 Å². The maximum absolute atomic E-state index is 9.05. The molecule has 2 N–H and O–H groups in total. The second kappa shape index (κ2) is 6.38. The molecule has 1 fully saturated rings. The first-order chi connectivity index (χ1) is 6.70. The van der Waals surface area contributed by atoms with Crippen LogP contribution in [0.1, 0.15) is 32.6 Å².